The summed E-state index contributed by atoms with van der Waals surface area (Å²) in [5.74, 6) is -0.362. The Balaban J connectivity index is 1.85. The molecular weight excluding hydrogens is 285 g/mol. The number of hydrogen-bond acceptors (Lipinski definition) is 4. The Kier molecular flexibility index (Phi) is 2.74. The molecule has 1 aromatic rings. The van der Waals surface area contributed by atoms with Crippen molar-refractivity contribution in [2.24, 2.45) is 16.6 Å². The van der Waals surface area contributed by atoms with Crippen molar-refractivity contribution in [3.63, 3.8) is 0 Å². The van der Waals surface area contributed by atoms with E-state index in [9.17, 15) is 18.0 Å². The van der Waals surface area contributed by atoms with Gasteiger partial charge >= 0.3 is 6.18 Å². The zero-order chi connectivity index (χ0) is 15.5. The number of nitrogens with two attached hydrogens (primary N) is 1. The zero-order valence-corrected chi connectivity index (χ0v) is 11.4. The number of alkyl halides is 3. The number of hydrogen-bond donors (Lipinski definition) is 1. The summed E-state index contributed by atoms with van der Waals surface area (Å²) in [5, 5.41) is 7.47. The summed E-state index contributed by atoms with van der Waals surface area (Å²) in [7, 11) is 0. The average Bonchev–Trinajstić information content (AvgIpc) is 2.97. The average molecular weight is 300 g/mol. The van der Waals surface area contributed by atoms with E-state index in [1.165, 1.54) is 12.1 Å². The Morgan fingerprint density at radius 3 is 2.52 bits per heavy atom. The zero-order valence-electron chi connectivity index (χ0n) is 11.4. The molecule has 0 aromatic carbocycles. The fourth-order valence-corrected chi connectivity index (χ4v) is 3.56. The minimum Gasteiger partial charge on any atom is -0.364 e. The molecule has 5 nitrogen and oxygen atoms in total. The number of carbonyl (C=O) groups excluding carboxylic acids is 1. The Morgan fingerprint density at radius 1 is 1.38 bits per heavy atom. The van der Waals surface area contributed by atoms with Crippen molar-refractivity contribution in [1.82, 2.24) is 10.2 Å². The Hall–Kier alpha value is -1.86. The minimum atomic E-state index is -4.21. The number of nitrogens with zero attached hydrogens (tertiary/aromatic N) is 3. The van der Waals surface area contributed by atoms with Crippen LogP contribution in [0.2, 0.25) is 0 Å². The summed E-state index contributed by atoms with van der Waals surface area (Å²) in [6.45, 7) is 2.00. The molecular formula is C13H15F3N4O. The van der Waals surface area contributed by atoms with Gasteiger partial charge in [0.05, 0.1) is 5.41 Å². The van der Waals surface area contributed by atoms with Gasteiger partial charge in [-0.1, -0.05) is 6.92 Å². The van der Waals surface area contributed by atoms with E-state index in [4.69, 9.17) is 5.73 Å². The van der Waals surface area contributed by atoms with E-state index in [-0.39, 0.29) is 18.7 Å². The van der Waals surface area contributed by atoms with Crippen LogP contribution in [-0.2, 0) is 0 Å². The molecule has 2 fully saturated rings. The van der Waals surface area contributed by atoms with Crippen molar-refractivity contribution in [2.45, 2.75) is 25.9 Å². The molecule has 21 heavy (non-hydrogen) atoms. The monoisotopic (exact) mass is 300 g/mol. The number of amides is 1. The maximum absolute atomic E-state index is 13.4. The fourth-order valence-electron chi connectivity index (χ4n) is 3.56. The van der Waals surface area contributed by atoms with E-state index in [0.717, 1.165) is 0 Å². The number of primary amides is 1. The predicted molar refractivity (Wildman–Crippen MR) is 68.6 cm³/mol. The van der Waals surface area contributed by atoms with Gasteiger partial charge in [-0.05, 0) is 25.0 Å². The Morgan fingerprint density at radius 2 is 2.10 bits per heavy atom. The molecule has 2 heterocycles. The van der Waals surface area contributed by atoms with Crippen LogP contribution in [0.4, 0.5) is 19.0 Å². The van der Waals surface area contributed by atoms with E-state index in [1.54, 1.807) is 11.8 Å². The second-order valence-corrected chi connectivity index (χ2v) is 5.89. The van der Waals surface area contributed by atoms with E-state index in [1.807, 2.05) is 0 Å². The topological polar surface area (TPSA) is 72.1 Å². The van der Waals surface area contributed by atoms with Crippen LogP contribution in [0, 0.1) is 10.8 Å². The highest BCUT2D eigenvalue weighted by Crippen LogP contribution is 2.76. The van der Waals surface area contributed by atoms with E-state index in [0.29, 0.717) is 18.8 Å². The van der Waals surface area contributed by atoms with Crippen LogP contribution in [-0.4, -0.2) is 35.4 Å². The third-order valence-electron chi connectivity index (χ3n) is 4.93. The number of piperidine rings is 1. The number of rotatable bonds is 3. The molecule has 0 bridgehead atoms. The molecule has 2 aliphatic rings. The molecule has 2 atom stereocenters. The highest BCUT2D eigenvalue weighted by atomic mass is 19.4. The third kappa shape index (κ3) is 1.81. The van der Waals surface area contributed by atoms with Gasteiger partial charge in [-0.2, -0.15) is 13.2 Å². The molecule has 1 amide bonds. The van der Waals surface area contributed by atoms with Crippen molar-refractivity contribution in [3.8, 4) is 0 Å². The maximum Gasteiger partial charge on any atom is 0.396 e. The van der Waals surface area contributed by atoms with Gasteiger partial charge in [-0.3, -0.25) is 4.79 Å². The number of carbonyl (C=O) groups is 1. The maximum atomic E-state index is 13.4. The van der Waals surface area contributed by atoms with Crippen LogP contribution in [0.3, 0.4) is 0 Å². The van der Waals surface area contributed by atoms with Crippen molar-refractivity contribution >= 4 is 11.7 Å². The second kappa shape index (κ2) is 4.08. The molecule has 2 N–H and O–H groups in total. The SMILES string of the molecule is CCC12CN(c3ccc(C(N)=O)nn3)CC1(C(F)(F)F)C2. The van der Waals surface area contributed by atoms with Gasteiger partial charge in [0.25, 0.3) is 5.91 Å². The number of aromatic nitrogens is 2. The van der Waals surface area contributed by atoms with Crippen molar-refractivity contribution in [2.75, 3.05) is 18.0 Å². The summed E-state index contributed by atoms with van der Waals surface area (Å²) in [6.07, 6.45) is -3.54. The lowest BCUT2D eigenvalue weighted by Gasteiger charge is -2.22. The van der Waals surface area contributed by atoms with E-state index >= 15 is 0 Å². The quantitative estimate of drug-likeness (QED) is 0.923. The molecule has 2 unspecified atom stereocenters. The van der Waals surface area contributed by atoms with Crippen molar-refractivity contribution in [3.05, 3.63) is 17.8 Å². The van der Waals surface area contributed by atoms with Gasteiger partial charge in [0, 0.05) is 18.5 Å². The molecule has 1 aliphatic heterocycles. The van der Waals surface area contributed by atoms with Crippen LogP contribution in [0.25, 0.3) is 0 Å². The van der Waals surface area contributed by atoms with E-state index < -0.39 is 22.9 Å². The molecule has 3 rings (SSSR count). The van der Waals surface area contributed by atoms with Gasteiger partial charge < -0.3 is 10.6 Å². The fraction of sp³-hybridized carbons (Fsp3) is 0.615. The molecule has 1 saturated heterocycles. The molecule has 1 aliphatic carbocycles. The minimum absolute atomic E-state index is 0.00107. The van der Waals surface area contributed by atoms with Crippen LogP contribution in [0.5, 0.6) is 0 Å². The van der Waals surface area contributed by atoms with Gasteiger partial charge in [-0.25, -0.2) is 0 Å². The van der Waals surface area contributed by atoms with Crippen LogP contribution < -0.4 is 10.6 Å². The number of anilines is 1. The van der Waals surface area contributed by atoms with Gasteiger partial charge in [0.2, 0.25) is 0 Å². The first-order valence-electron chi connectivity index (χ1n) is 6.70. The van der Waals surface area contributed by atoms with Gasteiger partial charge in [0.15, 0.2) is 11.5 Å². The molecule has 114 valence electrons. The molecule has 1 aromatic heterocycles. The highest BCUT2D eigenvalue weighted by Gasteiger charge is 2.82. The molecule has 0 spiro atoms. The third-order valence-corrected chi connectivity index (χ3v) is 4.93. The lowest BCUT2D eigenvalue weighted by Crippen LogP contribution is -2.34. The van der Waals surface area contributed by atoms with Gasteiger partial charge in [0.1, 0.15) is 0 Å². The molecule has 8 heteroatoms. The summed E-state index contributed by atoms with van der Waals surface area (Å²) in [6, 6.07) is 2.87. The molecule has 1 saturated carbocycles. The second-order valence-electron chi connectivity index (χ2n) is 5.89. The summed E-state index contributed by atoms with van der Waals surface area (Å²) < 4.78 is 40.1. The first-order chi connectivity index (χ1) is 9.75. The van der Waals surface area contributed by atoms with Crippen LogP contribution in [0.15, 0.2) is 12.1 Å². The lowest BCUT2D eigenvalue weighted by molar-refractivity contribution is -0.190. The van der Waals surface area contributed by atoms with Gasteiger partial charge in [-0.15, -0.1) is 10.2 Å². The largest absolute Gasteiger partial charge is 0.396 e. The van der Waals surface area contributed by atoms with Crippen LogP contribution in [0.1, 0.15) is 30.3 Å². The summed E-state index contributed by atoms with van der Waals surface area (Å²) in [4.78, 5) is 12.5. The first-order valence-corrected chi connectivity index (χ1v) is 6.70. The van der Waals surface area contributed by atoms with E-state index in [2.05, 4.69) is 10.2 Å². The summed E-state index contributed by atoms with van der Waals surface area (Å²) in [5.41, 5.74) is 2.72. The lowest BCUT2D eigenvalue weighted by atomic mass is 9.93. The predicted octanol–water partition coefficient (Wildman–Crippen LogP) is 1.74. The Bertz CT molecular complexity index is 588. The normalized spacial score (nSPS) is 31.1. The van der Waals surface area contributed by atoms with Crippen molar-refractivity contribution in [1.29, 1.82) is 0 Å². The summed E-state index contributed by atoms with van der Waals surface area (Å²) >= 11 is 0. The van der Waals surface area contributed by atoms with Crippen LogP contribution >= 0.6 is 0 Å². The number of fused-ring (bicyclic) bond motifs is 1. The van der Waals surface area contributed by atoms with Crippen molar-refractivity contribution < 1.29 is 18.0 Å². The molecule has 0 radical (unpaired) electrons. The first kappa shape index (κ1) is 14.1. The smallest absolute Gasteiger partial charge is 0.364 e. The Labute approximate surface area is 119 Å². The highest BCUT2D eigenvalue weighted by molar-refractivity contribution is 5.90. The number of halogens is 3. The standard InChI is InChI=1S/C13H15F3N4O/c1-2-11-5-12(11,13(14,15)16)7-20(6-11)9-4-3-8(10(17)21)18-19-9/h3-4H,2,5-7H2,1H3,(H2,17,21).